The number of esters is 3. The van der Waals surface area contributed by atoms with Crippen molar-refractivity contribution in [2.75, 3.05) is 13.2 Å². The van der Waals surface area contributed by atoms with Crippen LogP contribution in [0.1, 0.15) is 271 Å². The van der Waals surface area contributed by atoms with Crippen LogP contribution in [-0.2, 0) is 28.6 Å². The van der Waals surface area contributed by atoms with Crippen LogP contribution in [0, 0.1) is 0 Å². The van der Waals surface area contributed by atoms with Crippen LogP contribution in [0.4, 0.5) is 0 Å². The molecule has 0 aliphatic heterocycles. The molecule has 1 atom stereocenters. The van der Waals surface area contributed by atoms with Gasteiger partial charge in [-0.05, 0) is 51.4 Å². The van der Waals surface area contributed by atoms with E-state index in [2.05, 4.69) is 45.1 Å². The lowest BCUT2D eigenvalue weighted by atomic mass is 10.0. The molecule has 0 bridgehead atoms. The number of hydrogen-bond acceptors (Lipinski definition) is 6. The lowest BCUT2D eigenvalue weighted by Crippen LogP contribution is -2.30. The van der Waals surface area contributed by atoms with E-state index in [0.29, 0.717) is 19.3 Å². The summed E-state index contributed by atoms with van der Waals surface area (Å²) in [6, 6.07) is 0. The Morgan fingerprint density at radius 1 is 0.345 bits per heavy atom. The lowest BCUT2D eigenvalue weighted by Gasteiger charge is -2.18. The van der Waals surface area contributed by atoms with E-state index in [9.17, 15) is 14.4 Å². The maximum Gasteiger partial charge on any atom is 0.306 e. The van der Waals surface area contributed by atoms with Crippen molar-refractivity contribution in [1.29, 1.82) is 0 Å². The predicted molar refractivity (Wildman–Crippen MR) is 247 cm³/mol. The number of allylic oxidation sites excluding steroid dienone is 4. The number of carbonyl (C=O) groups excluding carboxylic acids is 3. The van der Waals surface area contributed by atoms with Crippen molar-refractivity contribution >= 4 is 17.9 Å². The fourth-order valence-corrected chi connectivity index (χ4v) is 7.36. The van der Waals surface area contributed by atoms with Crippen molar-refractivity contribution < 1.29 is 28.6 Å². The summed E-state index contributed by atoms with van der Waals surface area (Å²) < 4.78 is 16.7. The summed E-state index contributed by atoms with van der Waals surface area (Å²) in [4.78, 5) is 37.6. The summed E-state index contributed by atoms with van der Waals surface area (Å²) in [6.07, 6.45) is 53.4. The van der Waals surface area contributed by atoms with Gasteiger partial charge in [0.15, 0.2) is 6.10 Å². The summed E-state index contributed by atoms with van der Waals surface area (Å²) in [7, 11) is 0. The Bertz CT molecular complexity index is 942. The third-order valence-corrected chi connectivity index (χ3v) is 11.2. The van der Waals surface area contributed by atoms with E-state index in [1.807, 2.05) is 0 Å². The minimum absolute atomic E-state index is 0.0737. The maximum absolute atomic E-state index is 12.7. The van der Waals surface area contributed by atoms with Crippen LogP contribution in [0.5, 0.6) is 0 Å². The normalized spacial score (nSPS) is 12.1. The average molecular weight is 817 g/mol. The molecule has 0 fully saturated rings. The minimum atomic E-state index is -0.770. The first-order valence-corrected chi connectivity index (χ1v) is 25.3. The third kappa shape index (κ3) is 45.0. The van der Waals surface area contributed by atoms with Gasteiger partial charge in [-0.1, -0.05) is 225 Å². The van der Waals surface area contributed by atoms with Gasteiger partial charge in [-0.15, -0.1) is 0 Å². The van der Waals surface area contributed by atoms with Gasteiger partial charge in [0.1, 0.15) is 13.2 Å². The van der Waals surface area contributed by atoms with Crippen LogP contribution < -0.4 is 0 Å². The first-order chi connectivity index (χ1) is 28.5. The number of hydrogen-bond donors (Lipinski definition) is 0. The lowest BCUT2D eigenvalue weighted by molar-refractivity contribution is -0.167. The molecule has 6 heteroatoms. The van der Waals surface area contributed by atoms with Crippen LogP contribution in [0.2, 0.25) is 0 Å². The Labute approximate surface area is 360 Å². The molecule has 0 aromatic heterocycles. The van der Waals surface area contributed by atoms with Crippen molar-refractivity contribution in [3.63, 3.8) is 0 Å². The second kappa shape index (κ2) is 47.6. The van der Waals surface area contributed by atoms with E-state index >= 15 is 0 Å². The Balaban J connectivity index is 4.14. The molecule has 1 unspecified atom stereocenters. The van der Waals surface area contributed by atoms with E-state index in [-0.39, 0.29) is 31.1 Å². The topological polar surface area (TPSA) is 78.9 Å². The predicted octanol–water partition coefficient (Wildman–Crippen LogP) is 16.4. The van der Waals surface area contributed by atoms with Crippen LogP contribution >= 0.6 is 0 Å². The number of unbranched alkanes of at least 4 members (excludes halogenated alkanes) is 31. The van der Waals surface area contributed by atoms with Crippen molar-refractivity contribution in [2.45, 2.75) is 277 Å². The van der Waals surface area contributed by atoms with Gasteiger partial charge in [-0.3, -0.25) is 14.4 Å². The fraction of sp³-hybridized carbons (Fsp3) is 0.865. The number of ether oxygens (including phenoxy) is 3. The molecule has 340 valence electrons. The van der Waals surface area contributed by atoms with Gasteiger partial charge < -0.3 is 14.2 Å². The zero-order valence-corrected chi connectivity index (χ0v) is 38.8. The molecule has 0 amide bonds. The van der Waals surface area contributed by atoms with Crippen molar-refractivity contribution in [2.24, 2.45) is 0 Å². The Hall–Kier alpha value is -2.11. The number of carbonyl (C=O) groups is 3. The summed E-state index contributed by atoms with van der Waals surface area (Å²) in [5.41, 5.74) is 0. The zero-order chi connectivity index (χ0) is 42.3. The molecule has 0 aliphatic carbocycles. The molecule has 0 N–H and O–H groups in total. The second-order valence-corrected chi connectivity index (χ2v) is 17.1. The summed E-state index contributed by atoms with van der Waals surface area (Å²) in [6.45, 7) is 6.55. The highest BCUT2D eigenvalue weighted by Gasteiger charge is 2.19. The van der Waals surface area contributed by atoms with E-state index in [1.165, 1.54) is 148 Å². The summed E-state index contributed by atoms with van der Waals surface area (Å²) >= 11 is 0. The molecule has 0 radical (unpaired) electrons. The summed E-state index contributed by atoms with van der Waals surface area (Å²) in [5.74, 6) is -0.890. The summed E-state index contributed by atoms with van der Waals surface area (Å²) in [5, 5.41) is 0. The van der Waals surface area contributed by atoms with E-state index in [0.717, 1.165) is 83.5 Å². The molecule has 0 aromatic rings. The molecular weight excluding hydrogens is 721 g/mol. The quantitative estimate of drug-likeness (QED) is 0.0263. The molecule has 0 spiro atoms. The molecule has 0 saturated carbocycles. The third-order valence-electron chi connectivity index (χ3n) is 11.2. The second-order valence-electron chi connectivity index (χ2n) is 17.1. The van der Waals surface area contributed by atoms with E-state index in [1.54, 1.807) is 0 Å². The van der Waals surface area contributed by atoms with Gasteiger partial charge in [-0.25, -0.2) is 0 Å². The molecule has 0 saturated heterocycles. The van der Waals surface area contributed by atoms with Gasteiger partial charge in [0.05, 0.1) is 0 Å². The van der Waals surface area contributed by atoms with Gasteiger partial charge in [0, 0.05) is 19.3 Å². The highest BCUT2D eigenvalue weighted by molar-refractivity contribution is 5.71. The molecule has 0 rings (SSSR count). The Morgan fingerprint density at radius 2 is 0.621 bits per heavy atom. The minimum Gasteiger partial charge on any atom is -0.462 e. The Morgan fingerprint density at radius 3 is 0.966 bits per heavy atom. The molecular formula is C52H96O6. The van der Waals surface area contributed by atoms with Crippen LogP contribution in [-0.4, -0.2) is 37.2 Å². The van der Waals surface area contributed by atoms with Crippen LogP contribution in [0.15, 0.2) is 24.3 Å². The van der Waals surface area contributed by atoms with Gasteiger partial charge in [0.2, 0.25) is 0 Å². The highest BCUT2D eigenvalue weighted by atomic mass is 16.6. The Kier molecular flexibility index (Phi) is 45.8. The standard InChI is InChI=1S/C52H96O6/c1-4-7-10-13-15-17-19-21-23-25-26-27-29-30-32-34-36-39-42-45-51(54)57-48-49(47-56-50(53)44-41-38-12-9-6-3)58-52(55)46-43-40-37-35-33-31-28-24-22-20-18-16-14-11-8-5-2/h18,20,24,28,49H,4-17,19,21-23,25-27,29-48H2,1-3H3/b20-18-,28-24-. The van der Waals surface area contributed by atoms with Crippen LogP contribution in [0.3, 0.4) is 0 Å². The first-order valence-electron chi connectivity index (χ1n) is 25.3. The molecule has 58 heavy (non-hydrogen) atoms. The van der Waals surface area contributed by atoms with Gasteiger partial charge in [0.25, 0.3) is 0 Å². The smallest absolute Gasteiger partial charge is 0.306 e. The molecule has 0 heterocycles. The van der Waals surface area contributed by atoms with Crippen molar-refractivity contribution in [1.82, 2.24) is 0 Å². The van der Waals surface area contributed by atoms with E-state index in [4.69, 9.17) is 14.2 Å². The largest absolute Gasteiger partial charge is 0.462 e. The van der Waals surface area contributed by atoms with Crippen LogP contribution in [0.25, 0.3) is 0 Å². The molecule has 0 aliphatic rings. The fourth-order valence-electron chi connectivity index (χ4n) is 7.36. The number of rotatable bonds is 46. The van der Waals surface area contributed by atoms with Crippen molar-refractivity contribution in [3.05, 3.63) is 24.3 Å². The SMILES string of the molecule is CCCCCC/C=C\C/C=C\CCCCCCCC(=O)OC(COC(=O)CCCCCCC)COC(=O)CCCCCCCCCCCCCCCCCCCCC. The molecule has 6 nitrogen and oxygen atoms in total. The monoisotopic (exact) mass is 817 g/mol. The highest BCUT2D eigenvalue weighted by Crippen LogP contribution is 2.16. The van der Waals surface area contributed by atoms with Gasteiger partial charge in [-0.2, -0.15) is 0 Å². The van der Waals surface area contributed by atoms with E-state index < -0.39 is 6.10 Å². The maximum atomic E-state index is 12.7. The zero-order valence-electron chi connectivity index (χ0n) is 38.8. The van der Waals surface area contributed by atoms with Gasteiger partial charge >= 0.3 is 17.9 Å². The first kappa shape index (κ1) is 55.9. The molecule has 0 aromatic carbocycles. The van der Waals surface area contributed by atoms with Crippen molar-refractivity contribution in [3.8, 4) is 0 Å². The average Bonchev–Trinajstić information content (AvgIpc) is 3.22.